The number of hydrogen-bond acceptors (Lipinski definition) is 4. The Labute approximate surface area is 123 Å². The van der Waals surface area contributed by atoms with Gasteiger partial charge in [-0.15, -0.1) is 0 Å². The second-order valence-electron chi connectivity index (χ2n) is 4.35. The molecule has 0 aliphatic carbocycles. The van der Waals surface area contributed by atoms with Crippen LogP contribution in [-0.4, -0.2) is 20.2 Å². The average molecular weight is 283 g/mol. The molecule has 21 heavy (non-hydrogen) atoms. The van der Waals surface area contributed by atoms with E-state index in [9.17, 15) is 9.90 Å². The zero-order valence-electron chi connectivity index (χ0n) is 11.8. The standard InChI is InChI=1S/C17H16O4/c1-20-15-8-7-14(11-16(15)21-2)13-5-3-4-12(10-13)6-9-17(18)19/h3-11H,1-2H3,(H,18,19)/p-1/b9-6+. The van der Waals surface area contributed by atoms with Crippen molar-refractivity contribution in [3.8, 4) is 22.6 Å². The molecule has 108 valence electrons. The Kier molecular flexibility index (Phi) is 4.61. The molecule has 2 rings (SSSR count). The van der Waals surface area contributed by atoms with Crippen LogP contribution in [0.4, 0.5) is 0 Å². The topological polar surface area (TPSA) is 58.6 Å². The largest absolute Gasteiger partial charge is 0.545 e. The zero-order chi connectivity index (χ0) is 15.2. The molecule has 0 saturated carbocycles. The molecule has 0 spiro atoms. The third kappa shape index (κ3) is 3.63. The van der Waals surface area contributed by atoms with Crippen LogP contribution in [0.15, 0.2) is 48.5 Å². The number of carboxylic acid groups (broad SMARTS) is 1. The van der Waals surface area contributed by atoms with Crippen molar-refractivity contribution >= 4 is 12.0 Å². The number of ether oxygens (including phenoxy) is 2. The smallest absolute Gasteiger partial charge is 0.161 e. The summed E-state index contributed by atoms with van der Waals surface area (Å²) in [5.41, 5.74) is 2.69. The van der Waals surface area contributed by atoms with Gasteiger partial charge in [-0.3, -0.25) is 0 Å². The fourth-order valence-electron chi connectivity index (χ4n) is 2.00. The Balaban J connectivity index is 2.38. The molecule has 2 aromatic carbocycles. The number of benzene rings is 2. The Morgan fingerprint density at radius 2 is 1.71 bits per heavy atom. The van der Waals surface area contributed by atoms with Crippen LogP contribution in [0.3, 0.4) is 0 Å². The van der Waals surface area contributed by atoms with E-state index in [2.05, 4.69) is 0 Å². The third-order valence-electron chi connectivity index (χ3n) is 3.02. The molecule has 0 unspecified atom stereocenters. The molecule has 0 atom stereocenters. The van der Waals surface area contributed by atoms with Gasteiger partial charge < -0.3 is 19.4 Å². The van der Waals surface area contributed by atoms with Crippen molar-refractivity contribution in [2.24, 2.45) is 0 Å². The number of rotatable bonds is 5. The molecule has 0 radical (unpaired) electrons. The van der Waals surface area contributed by atoms with E-state index < -0.39 is 5.97 Å². The summed E-state index contributed by atoms with van der Waals surface area (Å²) in [6.07, 6.45) is 2.51. The lowest BCUT2D eigenvalue weighted by Crippen LogP contribution is -2.18. The number of carbonyl (C=O) groups excluding carboxylic acids is 1. The highest BCUT2D eigenvalue weighted by Gasteiger charge is 2.06. The maximum atomic E-state index is 10.5. The van der Waals surface area contributed by atoms with E-state index >= 15 is 0 Å². The van der Waals surface area contributed by atoms with E-state index in [1.54, 1.807) is 14.2 Å². The number of methoxy groups -OCH3 is 2. The quantitative estimate of drug-likeness (QED) is 0.789. The number of aliphatic carboxylic acids is 1. The molecule has 0 aliphatic heterocycles. The molecule has 0 aromatic heterocycles. The van der Waals surface area contributed by atoms with Crippen LogP contribution in [0, 0.1) is 0 Å². The van der Waals surface area contributed by atoms with Crippen molar-refractivity contribution in [2.75, 3.05) is 14.2 Å². The predicted molar refractivity (Wildman–Crippen MR) is 79.0 cm³/mol. The third-order valence-corrected chi connectivity index (χ3v) is 3.02. The predicted octanol–water partition coefficient (Wildman–Crippen LogP) is 2.13. The fourth-order valence-corrected chi connectivity index (χ4v) is 2.00. The summed E-state index contributed by atoms with van der Waals surface area (Å²) in [7, 11) is 3.17. The Morgan fingerprint density at radius 1 is 1.00 bits per heavy atom. The van der Waals surface area contributed by atoms with Gasteiger partial charge in [0.25, 0.3) is 0 Å². The van der Waals surface area contributed by atoms with Crippen LogP contribution in [0.2, 0.25) is 0 Å². The van der Waals surface area contributed by atoms with Crippen LogP contribution in [0.25, 0.3) is 17.2 Å². The molecule has 0 amide bonds. The first-order valence-corrected chi connectivity index (χ1v) is 6.35. The second-order valence-corrected chi connectivity index (χ2v) is 4.35. The summed E-state index contributed by atoms with van der Waals surface area (Å²) in [5.74, 6) is 0.0893. The SMILES string of the molecule is COc1ccc(-c2cccc(/C=C/C(=O)[O-])c2)cc1OC. The maximum Gasteiger partial charge on any atom is 0.161 e. The van der Waals surface area contributed by atoms with E-state index in [0.717, 1.165) is 22.8 Å². The van der Waals surface area contributed by atoms with Gasteiger partial charge in [0.05, 0.1) is 20.2 Å². The van der Waals surface area contributed by atoms with E-state index in [4.69, 9.17) is 9.47 Å². The van der Waals surface area contributed by atoms with Crippen LogP contribution in [0.1, 0.15) is 5.56 Å². The van der Waals surface area contributed by atoms with E-state index in [1.165, 1.54) is 6.08 Å². The van der Waals surface area contributed by atoms with E-state index in [-0.39, 0.29) is 0 Å². The molecular weight excluding hydrogens is 268 g/mol. The molecule has 0 aliphatic rings. The monoisotopic (exact) mass is 283 g/mol. The minimum Gasteiger partial charge on any atom is -0.545 e. The lowest BCUT2D eigenvalue weighted by Gasteiger charge is -2.10. The zero-order valence-corrected chi connectivity index (χ0v) is 11.8. The first-order valence-electron chi connectivity index (χ1n) is 6.35. The molecule has 0 saturated heterocycles. The Hall–Kier alpha value is -2.75. The van der Waals surface area contributed by atoms with Gasteiger partial charge in [0.1, 0.15) is 0 Å². The number of carboxylic acids is 1. The van der Waals surface area contributed by atoms with Gasteiger partial charge in [0, 0.05) is 0 Å². The minimum atomic E-state index is -1.22. The van der Waals surface area contributed by atoms with Gasteiger partial charge in [0.15, 0.2) is 11.5 Å². The van der Waals surface area contributed by atoms with E-state index in [1.807, 2.05) is 42.5 Å². The second kappa shape index (κ2) is 6.61. The maximum absolute atomic E-state index is 10.5. The van der Waals surface area contributed by atoms with Crippen molar-refractivity contribution < 1.29 is 19.4 Å². The fraction of sp³-hybridized carbons (Fsp3) is 0.118. The lowest BCUT2D eigenvalue weighted by molar-refractivity contribution is -0.297. The van der Waals surface area contributed by atoms with Gasteiger partial charge in [-0.1, -0.05) is 30.3 Å². The molecule has 0 fully saturated rings. The number of carbonyl (C=O) groups is 1. The number of hydrogen-bond donors (Lipinski definition) is 0. The highest BCUT2D eigenvalue weighted by Crippen LogP contribution is 2.32. The Morgan fingerprint density at radius 3 is 2.38 bits per heavy atom. The lowest BCUT2D eigenvalue weighted by atomic mass is 10.0. The van der Waals surface area contributed by atoms with Gasteiger partial charge in [-0.05, 0) is 41.0 Å². The first kappa shape index (κ1) is 14.7. The summed E-state index contributed by atoms with van der Waals surface area (Å²) in [5, 5.41) is 10.5. The molecule has 4 heteroatoms. The van der Waals surface area contributed by atoms with Crippen LogP contribution in [-0.2, 0) is 4.79 Å². The van der Waals surface area contributed by atoms with Crippen molar-refractivity contribution in [3.63, 3.8) is 0 Å². The van der Waals surface area contributed by atoms with Crippen molar-refractivity contribution in [1.29, 1.82) is 0 Å². The van der Waals surface area contributed by atoms with E-state index in [0.29, 0.717) is 11.5 Å². The van der Waals surface area contributed by atoms with Crippen molar-refractivity contribution in [2.45, 2.75) is 0 Å². The molecule has 4 nitrogen and oxygen atoms in total. The first-order chi connectivity index (χ1) is 10.1. The van der Waals surface area contributed by atoms with Crippen LogP contribution in [0.5, 0.6) is 11.5 Å². The molecule has 2 aromatic rings. The molecule has 0 bridgehead atoms. The molecule has 0 N–H and O–H groups in total. The van der Waals surface area contributed by atoms with Crippen LogP contribution >= 0.6 is 0 Å². The minimum absolute atomic E-state index is 0.644. The molecular formula is C17H15O4-. The van der Waals surface area contributed by atoms with Crippen molar-refractivity contribution in [3.05, 3.63) is 54.1 Å². The average Bonchev–Trinajstić information content (AvgIpc) is 2.52. The Bertz CT molecular complexity index is 674. The van der Waals surface area contributed by atoms with Gasteiger partial charge in [-0.2, -0.15) is 0 Å². The summed E-state index contributed by atoms with van der Waals surface area (Å²) in [6.45, 7) is 0. The van der Waals surface area contributed by atoms with Crippen molar-refractivity contribution in [1.82, 2.24) is 0 Å². The highest BCUT2D eigenvalue weighted by molar-refractivity contribution is 5.84. The summed E-state index contributed by atoms with van der Waals surface area (Å²) >= 11 is 0. The van der Waals surface area contributed by atoms with Gasteiger partial charge in [0.2, 0.25) is 0 Å². The summed E-state index contributed by atoms with van der Waals surface area (Å²) in [4.78, 5) is 10.5. The summed E-state index contributed by atoms with van der Waals surface area (Å²) in [6, 6.07) is 13.1. The van der Waals surface area contributed by atoms with Gasteiger partial charge >= 0.3 is 0 Å². The summed E-state index contributed by atoms with van der Waals surface area (Å²) < 4.78 is 10.5. The normalized spacial score (nSPS) is 10.6. The molecule has 0 heterocycles. The highest BCUT2D eigenvalue weighted by atomic mass is 16.5. The van der Waals surface area contributed by atoms with Crippen LogP contribution < -0.4 is 14.6 Å². The van der Waals surface area contributed by atoms with Gasteiger partial charge in [-0.25, -0.2) is 0 Å².